The summed E-state index contributed by atoms with van der Waals surface area (Å²) in [5, 5.41) is 5.31. The average molecular weight is 435 g/mol. The van der Waals surface area contributed by atoms with Crippen LogP contribution in [0.2, 0.25) is 0 Å². The first-order valence-electron chi connectivity index (χ1n) is 10.9. The average Bonchev–Trinajstić information content (AvgIpc) is 3.20. The highest BCUT2D eigenvalue weighted by atomic mass is 32.2. The molecule has 0 aromatic heterocycles. The molecule has 5 rings (SSSR count). The fourth-order valence-electron chi connectivity index (χ4n) is 4.84. The number of piperidine rings is 1. The van der Waals surface area contributed by atoms with E-state index in [1.165, 1.54) is 28.6 Å². The van der Waals surface area contributed by atoms with E-state index in [0.717, 1.165) is 36.8 Å². The first-order valence-corrected chi connectivity index (χ1v) is 12.3. The van der Waals surface area contributed by atoms with E-state index in [0.29, 0.717) is 24.6 Å². The van der Waals surface area contributed by atoms with Crippen LogP contribution in [0.25, 0.3) is 10.8 Å². The van der Waals surface area contributed by atoms with E-state index in [4.69, 9.17) is 0 Å². The number of carbonyl (C=O) groups is 1. The fourth-order valence-corrected chi connectivity index (χ4v) is 6.44. The molecule has 1 N–H and O–H groups in total. The van der Waals surface area contributed by atoms with E-state index < -0.39 is 10.0 Å². The summed E-state index contributed by atoms with van der Waals surface area (Å²) in [7, 11) is -3.53. The number of anilines is 1. The molecule has 3 aromatic rings. The molecule has 1 aliphatic carbocycles. The van der Waals surface area contributed by atoms with Crippen molar-refractivity contribution < 1.29 is 13.2 Å². The van der Waals surface area contributed by atoms with E-state index in [1.807, 2.05) is 18.2 Å². The standard InChI is InChI=1S/C25H26N2O3S/c1-17-4-3-15-27(16-17)31(29,30)21-12-9-20(10-13-21)25(28)26-23-14-11-19-8-7-18-5-2-6-22(23)24(18)19/h2,5-6,9-14,17H,3-4,7-8,15-16H2,1H3,(H,26,28). The number of amides is 1. The van der Waals surface area contributed by atoms with Crippen LogP contribution in [0.1, 0.15) is 41.3 Å². The molecule has 3 aromatic carbocycles. The van der Waals surface area contributed by atoms with Gasteiger partial charge in [0.15, 0.2) is 0 Å². The minimum atomic E-state index is -3.53. The van der Waals surface area contributed by atoms with Crippen molar-refractivity contribution in [3.8, 4) is 0 Å². The zero-order valence-electron chi connectivity index (χ0n) is 17.6. The Labute approximate surface area is 183 Å². The summed E-state index contributed by atoms with van der Waals surface area (Å²) >= 11 is 0. The van der Waals surface area contributed by atoms with Crippen LogP contribution in [0.15, 0.2) is 59.5 Å². The lowest BCUT2D eigenvalue weighted by Crippen LogP contribution is -2.39. The second-order valence-corrected chi connectivity index (χ2v) is 10.6. The van der Waals surface area contributed by atoms with E-state index in [2.05, 4.69) is 24.4 Å². The normalized spacial score (nSPS) is 18.9. The highest BCUT2D eigenvalue weighted by Crippen LogP contribution is 2.35. The number of aryl methyl sites for hydroxylation is 2. The minimum absolute atomic E-state index is 0.239. The molecule has 1 atom stereocenters. The number of rotatable bonds is 4. The summed E-state index contributed by atoms with van der Waals surface area (Å²) in [6, 6.07) is 16.5. The molecular weight excluding hydrogens is 408 g/mol. The molecule has 5 nitrogen and oxygen atoms in total. The maximum absolute atomic E-state index is 12.9. The molecule has 1 amide bonds. The Hall–Kier alpha value is -2.70. The van der Waals surface area contributed by atoms with Crippen LogP contribution >= 0.6 is 0 Å². The molecule has 6 heteroatoms. The van der Waals surface area contributed by atoms with Crippen molar-refractivity contribution in [1.29, 1.82) is 0 Å². The first kappa shape index (κ1) is 20.2. The van der Waals surface area contributed by atoms with Crippen molar-refractivity contribution in [2.24, 2.45) is 5.92 Å². The van der Waals surface area contributed by atoms with Gasteiger partial charge in [0, 0.05) is 29.7 Å². The summed E-state index contributed by atoms with van der Waals surface area (Å²) in [6.45, 7) is 3.19. The summed E-state index contributed by atoms with van der Waals surface area (Å²) < 4.78 is 27.5. The van der Waals surface area contributed by atoms with Crippen molar-refractivity contribution in [1.82, 2.24) is 4.31 Å². The molecule has 0 saturated carbocycles. The third-order valence-electron chi connectivity index (χ3n) is 6.50. The second kappa shape index (κ2) is 7.77. The van der Waals surface area contributed by atoms with Crippen LogP contribution < -0.4 is 5.32 Å². The molecule has 160 valence electrons. The molecular formula is C25H26N2O3S. The predicted octanol–water partition coefficient (Wildman–Crippen LogP) is 4.61. The molecule has 31 heavy (non-hydrogen) atoms. The molecule has 0 spiro atoms. The van der Waals surface area contributed by atoms with Gasteiger partial charge in [-0.15, -0.1) is 0 Å². The topological polar surface area (TPSA) is 66.5 Å². The van der Waals surface area contributed by atoms with Gasteiger partial charge in [-0.25, -0.2) is 8.42 Å². The Morgan fingerprint density at radius 1 is 1.00 bits per heavy atom. The minimum Gasteiger partial charge on any atom is -0.321 e. The number of nitrogens with one attached hydrogen (secondary N) is 1. The van der Waals surface area contributed by atoms with Gasteiger partial charge in [0.05, 0.1) is 4.90 Å². The molecule has 1 unspecified atom stereocenters. The smallest absolute Gasteiger partial charge is 0.255 e. The molecule has 1 heterocycles. The van der Waals surface area contributed by atoms with Crippen molar-refractivity contribution in [3.05, 3.63) is 71.3 Å². The Morgan fingerprint density at radius 3 is 2.48 bits per heavy atom. The van der Waals surface area contributed by atoms with Crippen LogP contribution in [-0.2, 0) is 22.9 Å². The van der Waals surface area contributed by atoms with E-state index in [-0.39, 0.29) is 10.8 Å². The quantitative estimate of drug-likeness (QED) is 0.652. The van der Waals surface area contributed by atoms with Gasteiger partial charge < -0.3 is 5.32 Å². The predicted molar refractivity (Wildman–Crippen MR) is 123 cm³/mol. The Morgan fingerprint density at radius 2 is 1.74 bits per heavy atom. The lowest BCUT2D eigenvalue weighted by atomic mass is 10.0. The fraction of sp³-hybridized carbons (Fsp3) is 0.320. The number of hydrogen-bond acceptors (Lipinski definition) is 3. The number of hydrogen-bond donors (Lipinski definition) is 1. The zero-order valence-corrected chi connectivity index (χ0v) is 18.4. The van der Waals surface area contributed by atoms with Gasteiger partial charge >= 0.3 is 0 Å². The highest BCUT2D eigenvalue weighted by Gasteiger charge is 2.28. The van der Waals surface area contributed by atoms with Gasteiger partial charge in [-0.05, 0) is 78.4 Å². The van der Waals surface area contributed by atoms with Crippen molar-refractivity contribution >= 4 is 32.4 Å². The molecule has 1 saturated heterocycles. The van der Waals surface area contributed by atoms with Crippen LogP contribution in [0.3, 0.4) is 0 Å². The lowest BCUT2D eigenvalue weighted by Gasteiger charge is -2.30. The number of benzene rings is 3. The number of nitrogens with zero attached hydrogens (tertiary/aromatic N) is 1. The van der Waals surface area contributed by atoms with Gasteiger partial charge in [0.2, 0.25) is 10.0 Å². The van der Waals surface area contributed by atoms with Gasteiger partial charge in [-0.1, -0.05) is 31.2 Å². The third kappa shape index (κ3) is 3.64. The van der Waals surface area contributed by atoms with Crippen LogP contribution in [0.4, 0.5) is 5.69 Å². The van der Waals surface area contributed by atoms with Gasteiger partial charge in [-0.2, -0.15) is 4.31 Å². The molecule has 0 bridgehead atoms. The maximum atomic E-state index is 12.9. The van der Waals surface area contributed by atoms with E-state index in [9.17, 15) is 13.2 Å². The summed E-state index contributed by atoms with van der Waals surface area (Å²) in [6.07, 6.45) is 4.02. The monoisotopic (exact) mass is 434 g/mol. The SMILES string of the molecule is CC1CCCN(S(=O)(=O)c2ccc(C(=O)Nc3ccc4c5c(cccc35)CC4)cc2)C1. The number of sulfonamides is 1. The molecule has 1 fully saturated rings. The molecule has 2 aliphatic rings. The number of carbonyl (C=O) groups excluding carboxylic acids is 1. The van der Waals surface area contributed by atoms with Gasteiger partial charge in [0.25, 0.3) is 5.91 Å². The van der Waals surface area contributed by atoms with E-state index in [1.54, 1.807) is 16.4 Å². The van der Waals surface area contributed by atoms with Crippen LogP contribution in [0, 0.1) is 5.92 Å². The third-order valence-corrected chi connectivity index (χ3v) is 8.38. The Balaban J connectivity index is 1.37. The van der Waals surface area contributed by atoms with E-state index >= 15 is 0 Å². The van der Waals surface area contributed by atoms with Gasteiger partial charge in [0.1, 0.15) is 0 Å². The summed E-state index contributed by atoms with van der Waals surface area (Å²) in [4.78, 5) is 13.1. The summed E-state index contributed by atoms with van der Waals surface area (Å²) in [5.74, 6) is 0.126. The second-order valence-electron chi connectivity index (χ2n) is 8.70. The van der Waals surface area contributed by atoms with Crippen molar-refractivity contribution in [3.63, 3.8) is 0 Å². The van der Waals surface area contributed by atoms with Crippen molar-refractivity contribution in [2.45, 2.75) is 37.5 Å². The first-order chi connectivity index (χ1) is 14.9. The molecule has 0 radical (unpaired) electrons. The summed E-state index contributed by atoms with van der Waals surface area (Å²) in [5.41, 5.74) is 3.87. The van der Waals surface area contributed by atoms with Crippen LogP contribution in [-0.4, -0.2) is 31.7 Å². The largest absolute Gasteiger partial charge is 0.321 e. The van der Waals surface area contributed by atoms with Crippen LogP contribution in [0.5, 0.6) is 0 Å². The van der Waals surface area contributed by atoms with Gasteiger partial charge in [-0.3, -0.25) is 4.79 Å². The Bertz CT molecular complexity index is 1260. The highest BCUT2D eigenvalue weighted by molar-refractivity contribution is 7.89. The lowest BCUT2D eigenvalue weighted by molar-refractivity contribution is 0.102. The van der Waals surface area contributed by atoms with Crippen molar-refractivity contribution in [2.75, 3.05) is 18.4 Å². The zero-order chi connectivity index (χ0) is 21.6. The molecule has 1 aliphatic heterocycles. The maximum Gasteiger partial charge on any atom is 0.255 e. The Kier molecular flexibility index (Phi) is 5.07.